The van der Waals surface area contributed by atoms with Crippen molar-refractivity contribution >= 4 is 17.5 Å². The number of amides is 2. The van der Waals surface area contributed by atoms with Crippen molar-refractivity contribution in [3.63, 3.8) is 0 Å². The highest BCUT2D eigenvalue weighted by atomic mass is 16.2. The zero-order valence-corrected chi connectivity index (χ0v) is 9.77. The summed E-state index contributed by atoms with van der Waals surface area (Å²) in [5.74, 6) is -0.998. The summed E-state index contributed by atoms with van der Waals surface area (Å²) in [4.78, 5) is 22.2. The molecule has 1 rings (SSSR count). The molecule has 5 N–H and O–H groups in total. The van der Waals surface area contributed by atoms with Crippen LogP contribution in [-0.4, -0.2) is 17.9 Å². The molecule has 0 radical (unpaired) electrons. The van der Waals surface area contributed by atoms with E-state index in [1.807, 2.05) is 12.1 Å². The van der Waals surface area contributed by atoms with Gasteiger partial charge >= 0.3 is 0 Å². The van der Waals surface area contributed by atoms with Gasteiger partial charge in [-0.3, -0.25) is 9.59 Å². The van der Waals surface area contributed by atoms with Crippen molar-refractivity contribution < 1.29 is 9.59 Å². The minimum absolute atomic E-state index is 0.154. The first kappa shape index (κ1) is 13.2. The summed E-state index contributed by atoms with van der Waals surface area (Å²) < 4.78 is 0. The maximum absolute atomic E-state index is 11.6. The summed E-state index contributed by atoms with van der Waals surface area (Å²) in [5.41, 5.74) is 12.3. The third-order valence-corrected chi connectivity index (χ3v) is 2.39. The lowest BCUT2D eigenvalue weighted by atomic mass is 10.1. The second kappa shape index (κ2) is 6.00. The van der Waals surface area contributed by atoms with Gasteiger partial charge in [0.05, 0.1) is 12.5 Å². The monoisotopic (exact) mass is 235 g/mol. The van der Waals surface area contributed by atoms with Crippen molar-refractivity contribution in [1.82, 2.24) is 0 Å². The molecule has 0 aliphatic carbocycles. The van der Waals surface area contributed by atoms with Crippen molar-refractivity contribution in [2.45, 2.75) is 25.8 Å². The van der Waals surface area contributed by atoms with Gasteiger partial charge in [-0.1, -0.05) is 19.1 Å². The van der Waals surface area contributed by atoms with Crippen molar-refractivity contribution in [2.24, 2.45) is 11.5 Å². The molecule has 0 aliphatic rings. The Balaban J connectivity index is 2.58. The van der Waals surface area contributed by atoms with Gasteiger partial charge in [0.2, 0.25) is 11.8 Å². The molecule has 17 heavy (non-hydrogen) atoms. The van der Waals surface area contributed by atoms with Gasteiger partial charge in [-0.25, -0.2) is 0 Å². The highest BCUT2D eigenvalue weighted by Gasteiger charge is 2.15. The molecular formula is C12H17N3O2. The summed E-state index contributed by atoms with van der Waals surface area (Å²) in [6.07, 6.45) is 0.786. The van der Waals surface area contributed by atoms with Crippen LogP contribution in [0.2, 0.25) is 0 Å². The SMILES string of the molecule is CCc1ccc(NC(=O)C(N)CC(N)=O)cc1. The van der Waals surface area contributed by atoms with Crippen molar-refractivity contribution in [3.8, 4) is 0 Å². The molecule has 2 amide bonds. The highest BCUT2D eigenvalue weighted by Crippen LogP contribution is 2.10. The number of nitrogens with two attached hydrogens (primary N) is 2. The molecule has 0 aromatic heterocycles. The van der Waals surface area contributed by atoms with Crippen LogP contribution in [0.5, 0.6) is 0 Å². The van der Waals surface area contributed by atoms with Gasteiger partial charge in [0.25, 0.3) is 0 Å². The molecule has 0 heterocycles. The average Bonchev–Trinajstić information content (AvgIpc) is 2.29. The van der Waals surface area contributed by atoms with Gasteiger partial charge in [0.1, 0.15) is 0 Å². The molecule has 1 unspecified atom stereocenters. The van der Waals surface area contributed by atoms with Crippen LogP contribution in [0.25, 0.3) is 0 Å². The van der Waals surface area contributed by atoms with Crippen molar-refractivity contribution in [1.29, 1.82) is 0 Å². The number of primary amides is 1. The zero-order valence-electron chi connectivity index (χ0n) is 9.77. The summed E-state index contributed by atoms with van der Waals surface area (Å²) in [6, 6.07) is 6.55. The molecule has 1 atom stereocenters. The van der Waals surface area contributed by atoms with Gasteiger partial charge in [-0.05, 0) is 24.1 Å². The molecule has 0 saturated heterocycles. The van der Waals surface area contributed by atoms with Gasteiger partial charge < -0.3 is 16.8 Å². The first-order valence-electron chi connectivity index (χ1n) is 5.46. The number of carbonyl (C=O) groups is 2. The fourth-order valence-electron chi connectivity index (χ4n) is 1.37. The van der Waals surface area contributed by atoms with Crippen LogP contribution in [0.15, 0.2) is 24.3 Å². The number of hydrogen-bond acceptors (Lipinski definition) is 3. The van der Waals surface area contributed by atoms with E-state index in [0.717, 1.165) is 6.42 Å². The number of anilines is 1. The number of benzene rings is 1. The minimum atomic E-state index is -0.904. The second-order valence-electron chi connectivity index (χ2n) is 3.82. The molecule has 0 fully saturated rings. The van der Waals surface area contributed by atoms with Crippen LogP contribution in [0.4, 0.5) is 5.69 Å². The van der Waals surface area contributed by atoms with Gasteiger partial charge in [0, 0.05) is 5.69 Å². The zero-order chi connectivity index (χ0) is 12.8. The lowest BCUT2D eigenvalue weighted by Crippen LogP contribution is -2.38. The Bertz CT molecular complexity index is 401. The maximum atomic E-state index is 11.6. The largest absolute Gasteiger partial charge is 0.370 e. The summed E-state index contributed by atoms with van der Waals surface area (Å²) >= 11 is 0. The van der Waals surface area contributed by atoms with E-state index in [4.69, 9.17) is 11.5 Å². The molecule has 0 saturated carbocycles. The minimum Gasteiger partial charge on any atom is -0.370 e. The molecular weight excluding hydrogens is 218 g/mol. The van der Waals surface area contributed by atoms with Crippen LogP contribution in [0, 0.1) is 0 Å². The standard InChI is InChI=1S/C12H17N3O2/c1-2-8-3-5-9(6-4-8)15-12(17)10(13)7-11(14)16/h3-6,10H,2,7,13H2,1H3,(H2,14,16)(H,15,17). The quantitative estimate of drug-likeness (QED) is 0.688. The van der Waals surface area contributed by atoms with Crippen molar-refractivity contribution in [2.75, 3.05) is 5.32 Å². The molecule has 5 nitrogen and oxygen atoms in total. The normalized spacial score (nSPS) is 11.9. The first-order valence-corrected chi connectivity index (χ1v) is 5.46. The Morgan fingerprint density at radius 1 is 1.29 bits per heavy atom. The smallest absolute Gasteiger partial charge is 0.241 e. The van der Waals surface area contributed by atoms with Gasteiger partial charge in [-0.2, -0.15) is 0 Å². The number of hydrogen-bond donors (Lipinski definition) is 3. The molecule has 1 aromatic rings. The third-order valence-electron chi connectivity index (χ3n) is 2.39. The molecule has 0 aliphatic heterocycles. The molecule has 5 heteroatoms. The molecule has 0 spiro atoms. The van der Waals surface area contributed by atoms with E-state index in [-0.39, 0.29) is 6.42 Å². The Labute approximate surface area is 100 Å². The van der Waals surface area contributed by atoms with Crippen LogP contribution in [-0.2, 0) is 16.0 Å². The van der Waals surface area contributed by atoms with Gasteiger partial charge in [0.15, 0.2) is 0 Å². The van der Waals surface area contributed by atoms with Crippen LogP contribution in [0.3, 0.4) is 0 Å². The Kier molecular flexibility index (Phi) is 4.66. The molecule has 1 aromatic carbocycles. The van der Waals surface area contributed by atoms with E-state index in [0.29, 0.717) is 5.69 Å². The van der Waals surface area contributed by atoms with E-state index >= 15 is 0 Å². The summed E-state index contributed by atoms with van der Waals surface area (Å²) in [6.45, 7) is 2.05. The Morgan fingerprint density at radius 3 is 2.35 bits per heavy atom. The van der Waals surface area contributed by atoms with E-state index in [2.05, 4.69) is 12.2 Å². The van der Waals surface area contributed by atoms with Crippen LogP contribution in [0.1, 0.15) is 18.9 Å². The number of rotatable bonds is 5. The fourth-order valence-corrected chi connectivity index (χ4v) is 1.37. The average molecular weight is 235 g/mol. The second-order valence-corrected chi connectivity index (χ2v) is 3.82. The number of carbonyl (C=O) groups excluding carboxylic acids is 2. The third kappa shape index (κ3) is 4.24. The topological polar surface area (TPSA) is 98.2 Å². The summed E-state index contributed by atoms with van der Waals surface area (Å²) in [5, 5.41) is 2.63. The lowest BCUT2D eigenvalue weighted by Gasteiger charge is -2.10. The Morgan fingerprint density at radius 2 is 1.88 bits per heavy atom. The predicted octanol–water partition coefficient (Wildman–Crippen LogP) is 0.390. The maximum Gasteiger partial charge on any atom is 0.241 e. The summed E-state index contributed by atoms with van der Waals surface area (Å²) in [7, 11) is 0. The van der Waals surface area contributed by atoms with E-state index in [9.17, 15) is 9.59 Å². The van der Waals surface area contributed by atoms with Crippen LogP contribution < -0.4 is 16.8 Å². The van der Waals surface area contributed by atoms with E-state index in [1.54, 1.807) is 12.1 Å². The molecule has 0 bridgehead atoms. The van der Waals surface area contributed by atoms with Crippen molar-refractivity contribution in [3.05, 3.63) is 29.8 Å². The van der Waals surface area contributed by atoms with E-state index in [1.165, 1.54) is 5.56 Å². The molecule has 92 valence electrons. The Hall–Kier alpha value is -1.88. The lowest BCUT2D eigenvalue weighted by molar-refractivity contribution is -0.123. The highest BCUT2D eigenvalue weighted by molar-refractivity contribution is 5.97. The fraction of sp³-hybridized carbons (Fsp3) is 0.333. The van der Waals surface area contributed by atoms with Crippen LogP contribution >= 0.6 is 0 Å². The van der Waals surface area contributed by atoms with Gasteiger partial charge in [-0.15, -0.1) is 0 Å². The van der Waals surface area contributed by atoms with E-state index < -0.39 is 17.9 Å². The predicted molar refractivity (Wildman–Crippen MR) is 66.2 cm³/mol. The number of aryl methyl sites for hydroxylation is 1. The first-order chi connectivity index (χ1) is 8.02. The number of nitrogens with one attached hydrogen (secondary N) is 1.